The maximum absolute atomic E-state index is 13.7. The lowest BCUT2D eigenvalue weighted by molar-refractivity contribution is -0.127. The van der Waals surface area contributed by atoms with Gasteiger partial charge in [-0.1, -0.05) is 163 Å². The average Bonchev–Trinajstić information content (AvgIpc) is 1.66. The van der Waals surface area contributed by atoms with Crippen molar-refractivity contribution in [2.75, 3.05) is 68.7 Å². The molecule has 3 amide bonds. The number of hydrogen-bond donors (Lipinski definition) is 0. The molecule has 14 nitrogen and oxygen atoms in total. The first kappa shape index (κ1) is 76.3. The molecular formula is C93H91N3O11S2. The summed E-state index contributed by atoms with van der Waals surface area (Å²) in [6.07, 6.45) is 9.35. The highest BCUT2D eigenvalue weighted by molar-refractivity contribution is 7.98. The van der Waals surface area contributed by atoms with Crippen molar-refractivity contribution in [3.8, 4) is 17.2 Å². The first-order valence-electron chi connectivity index (χ1n) is 37.1. The Morgan fingerprint density at radius 2 is 0.743 bits per heavy atom. The van der Waals surface area contributed by atoms with E-state index in [4.69, 9.17) is 14.2 Å². The van der Waals surface area contributed by atoms with E-state index in [2.05, 4.69) is 84.9 Å². The topological polar surface area (TPSA) is 174 Å². The lowest BCUT2D eigenvalue weighted by atomic mass is 9.88. The number of benzene rings is 9. The fourth-order valence-corrected chi connectivity index (χ4v) is 18.6. The number of sulfone groups is 1. The molecule has 6 aliphatic rings. The number of nitrogens with zero attached hydrogens (tertiary/aromatic N) is 3. The number of ether oxygens (including phenoxy) is 3. The normalized spacial score (nSPS) is 18.0. The number of rotatable bonds is 9. The van der Waals surface area contributed by atoms with Crippen LogP contribution in [-0.2, 0) is 88.6 Å². The molecule has 2 heterocycles. The Hall–Kier alpha value is -10.9. The van der Waals surface area contributed by atoms with Gasteiger partial charge in [-0.05, 0) is 206 Å². The summed E-state index contributed by atoms with van der Waals surface area (Å²) in [6, 6.07) is 70.8. The quantitative estimate of drug-likeness (QED) is 0.134. The number of carbonyl (C=O) groups excluding carboxylic acids is 6. The highest BCUT2D eigenvalue weighted by Gasteiger charge is 2.34. The zero-order valence-electron chi connectivity index (χ0n) is 62.6. The van der Waals surface area contributed by atoms with E-state index in [1.807, 2.05) is 145 Å². The Bertz CT molecular complexity index is 5190. The molecule has 0 fully saturated rings. The maximum atomic E-state index is 13.7. The molecule has 3 atom stereocenters. The summed E-state index contributed by atoms with van der Waals surface area (Å²) in [5.74, 6) is 2.33. The van der Waals surface area contributed by atoms with E-state index in [1.54, 1.807) is 69.3 Å². The third kappa shape index (κ3) is 18.6. The largest absolute Gasteiger partial charge is 0.497 e. The Kier molecular flexibility index (Phi) is 24.2. The number of amides is 3. The first-order valence-corrected chi connectivity index (χ1v) is 40.1. The highest BCUT2D eigenvalue weighted by atomic mass is 32.2. The SMILES string of the molecule is COc1ccc(N(C)C(=O)[C@H]2CC(=O)CC3=C(C=Cc4cccc(c4)C2)Cc2ccccc23)cc1.COc1ccc(N(C)C(=O)[C@H]2CC(=O)CC3=C(CSCc4cccc(c4)C2)Cc2ccccc23)cc1.COc1ccc(N(C)C(=O)[C@H]2CC(=O)CC3=C(Cc4ccccc43)CS(=O)(=O)Cc3cccc(c3)C2)cc1. The lowest BCUT2D eigenvalue weighted by Gasteiger charge is -2.24. The number of ketones is 3. The minimum atomic E-state index is -3.45. The molecule has 0 aromatic heterocycles. The average molecular weight is 1490 g/mol. The van der Waals surface area contributed by atoms with Gasteiger partial charge in [0.25, 0.3) is 0 Å². The Morgan fingerprint density at radius 3 is 1.21 bits per heavy atom. The molecule has 9 aromatic carbocycles. The third-order valence-electron chi connectivity index (χ3n) is 21.6. The standard InChI is InChI=1S/C31H31NO5S.C31H31NO3S.C31H29NO3/c1-32(26-10-12-28(37-2)13-11-26)31(34)24-15-21-6-5-7-22(14-21)19-38(35,36)20-25-16-23-8-3-4-9-29(23)30(25)18-27(33)17-24;1-32(26-10-12-28(35-2)13-11-26)31(34)24-15-21-6-5-7-22(14-21)19-36-20-25-16-23-8-3-4-9-29(23)30(25)18-27(33)17-24;1-32(26-12-14-28(35-2)15-13-26)31(34)25-17-22-7-5-6-21(16-22)10-11-24-18-23-8-3-4-9-29(23)30(24)20-27(33)19-25/h3-14,24H,15-20H2,1-2H3;3-14,24H,15-20H2,1-2H3;3-16,25H,17-20H2,1-2H3/t2*24-;25-/m111/s1. The maximum Gasteiger partial charge on any atom is 0.230 e. The molecule has 0 unspecified atom stereocenters. The van der Waals surface area contributed by atoms with Crippen LogP contribution in [0.4, 0.5) is 17.1 Å². The van der Waals surface area contributed by atoms with Crippen molar-refractivity contribution in [2.24, 2.45) is 17.8 Å². The zero-order chi connectivity index (χ0) is 76.3. The van der Waals surface area contributed by atoms with E-state index in [-0.39, 0.29) is 72.3 Å². The Labute approximate surface area is 644 Å². The van der Waals surface area contributed by atoms with Crippen molar-refractivity contribution in [2.45, 2.75) is 88.6 Å². The third-order valence-corrected chi connectivity index (χ3v) is 24.3. The Balaban J connectivity index is 0.000000144. The van der Waals surface area contributed by atoms with Gasteiger partial charge in [0.15, 0.2) is 9.84 Å². The second kappa shape index (κ2) is 34.5. The van der Waals surface area contributed by atoms with Crippen LogP contribution in [0, 0.1) is 17.8 Å². The van der Waals surface area contributed by atoms with E-state index < -0.39 is 27.6 Å². The van der Waals surface area contributed by atoms with Gasteiger partial charge in [0.2, 0.25) is 17.7 Å². The second-order valence-electron chi connectivity index (χ2n) is 29.2. The molecule has 16 heteroatoms. The van der Waals surface area contributed by atoms with Gasteiger partial charge in [-0.25, -0.2) is 8.42 Å². The van der Waals surface area contributed by atoms with E-state index in [9.17, 15) is 37.2 Å². The zero-order valence-corrected chi connectivity index (χ0v) is 64.3. The van der Waals surface area contributed by atoms with Crippen molar-refractivity contribution < 1.29 is 51.4 Å². The number of methoxy groups -OCH3 is 3. The van der Waals surface area contributed by atoms with E-state index in [1.165, 1.54) is 39.0 Å². The fourth-order valence-electron chi connectivity index (χ4n) is 16.0. The summed E-state index contributed by atoms with van der Waals surface area (Å²) in [4.78, 5) is 86.4. The lowest BCUT2D eigenvalue weighted by Crippen LogP contribution is -2.35. The molecule has 0 saturated heterocycles. The van der Waals surface area contributed by atoms with Crippen LogP contribution >= 0.6 is 11.8 Å². The predicted molar refractivity (Wildman–Crippen MR) is 437 cm³/mol. The van der Waals surface area contributed by atoms with Crippen molar-refractivity contribution >= 4 is 96.5 Å². The number of anilines is 3. The molecule has 6 bridgehead atoms. The van der Waals surface area contributed by atoms with Gasteiger partial charge in [0, 0.05) is 106 Å². The van der Waals surface area contributed by atoms with Crippen molar-refractivity contribution in [3.63, 3.8) is 0 Å². The van der Waals surface area contributed by atoms with Gasteiger partial charge in [-0.2, -0.15) is 11.8 Å². The van der Waals surface area contributed by atoms with Crippen LogP contribution in [0.2, 0.25) is 0 Å². The molecule has 0 saturated carbocycles. The van der Waals surface area contributed by atoms with Crippen LogP contribution in [0.3, 0.4) is 0 Å². The fraction of sp³-hybridized carbons (Fsp3) is 0.269. The van der Waals surface area contributed by atoms with E-state index >= 15 is 0 Å². The number of thioether (sulfide) groups is 1. The summed E-state index contributed by atoms with van der Waals surface area (Å²) in [7, 11) is 6.66. The van der Waals surface area contributed by atoms with Crippen molar-refractivity contribution in [3.05, 3.63) is 308 Å². The van der Waals surface area contributed by atoms with Crippen LogP contribution in [0.1, 0.15) is 105 Å². The van der Waals surface area contributed by atoms with Gasteiger partial charge in [-0.3, -0.25) is 28.8 Å². The molecule has 4 aliphatic carbocycles. The molecule has 2 aliphatic heterocycles. The summed E-state index contributed by atoms with van der Waals surface area (Å²) < 4.78 is 42.2. The molecule has 556 valence electrons. The van der Waals surface area contributed by atoms with Crippen LogP contribution in [-0.4, -0.2) is 97.5 Å². The van der Waals surface area contributed by atoms with Gasteiger partial charge < -0.3 is 28.9 Å². The number of hydrogen-bond acceptors (Lipinski definition) is 12. The summed E-state index contributed by atoms with van der Waals surface area (Å²) in [5.41, 5.74) is 21.6. The van der Waals surface area contributed by atoms with Crippen LogP contribution in [0.25, 0.3) is 22.8 Å². The summed E-state index contributed by atoms with van der Waals surface area (Å²) in [6.45, 7) is 0. The highest BCUT2D eigenvalue weighted by Crippen LogP contribution is 2.42. The Morgan fingerprint density at radius 1 is 0.367 bits per heavy atom. The number of Topliss-reactive ketones (excluding diaryl/α,β-unsaturated/α-hetero) is 3. The second-order valence-corrected chi connectivity index (χ2v) is 32.2. The molecule has 9 aromatic rings. The minimum Gasteiger partial charge on any atom is -0.497 e. The van der Waals surface area contributed by atoms with Gasteiger partial charge >= 0.3 is 0 Å². The minimum absolute atomic E-state index is 0.0378. The van der Waals surface area contributed by atoms with Gasteiger partial charge in [0.05, 0.1) is 32.8 Å². The summed E-state index contributed by atoms with van der Waals surface area (Å²) in [5, 5.41) is 0. The monoisotopic (exact) mass is 1490 g/mol. The molecule has 0 spiro atoms. The molecule has 15 rings (SSSR count). The smallest absolute Gasteiger partial charge is 0.230 e. The summed E-state index contributed by atoms with van der Waals surface area (Å²) >= 11 is 1.90. The van der Waals surface area contributed by atoms with Crippen LogP contribution in [0.15, 0.2) is 241 Å². The van der Waals surface area contributed by atoms with Crippen molar-refractivity contribution in [1.82, 2.24) is 0 Å². The molecule has 109 heavy (non-hydrogen) atoms. The van der Waals surface area contributed by atoms with E-state index in [0.29, 0.717) is 55.5 Å². The molecular weight excluding hydrogens is 1400 g/mol. The number of allylic oxidation sites excluding steroid dienone is 5. The molecule has 0 N–H and O–H groups in total. The predicted octanol–water partition coefficient (Wildman–Crippen LogP) is 16.8. The van der Waals surface area contributed by atoms with Crippen LogP contribution < -0.4 is 28.9 Å². The van der Waals surface area contributed by atoms with Crippen molar-refractivity contribution in [1.29, 1.82) is 0 Å². The number of fused-ring (bicyclic) bond motifs is 12. The number of carbonyl (C=O) groups is 6. The van der Waals surface area contributed by atoms with E-state index in [0.717, 1.165) is 103 Å². The molecule has 0 radical (unpaired) electrons. The van der Waals surface area contributed by atoms with Crippen LogP contribution in [0.5, 0.6) is 17.2 Å². The van der Waals surface area contributed by atoms with Gasteiger partial charge in [-0.15, -0.1) is 0 Å². The first-order chi connectivity index (χ1) is 52.7. The van der Waals surface area contributed by atoms with Gasteiger partial charge in [0.1, 0.15) is 34.6 Å².